The van der Waals surface area contributed by atoms with E-state index in [9.17, 15) is 4.79 Å². The van der Waals surface area contributed by atoms with Crippen LogP contribution in [0.25, 0.3) is 11.0 Å². The number of carboxylic acids is 1. The zero-order chi connectivity index (χ0) is 13.5. The molecule has 0 saturated heterocycles. The van der Waals surface area contributed by atoms with Crippen molar-refractivity contribution in [1.29, 1.82) is 0 Å². The third-order valence-electron chi connectivity index (χ3n) is 3.98. The summed E-state index contributed by atoms with van der Waals surface area (Å²) in [7, 11) is 0. The molecule has 1 fully saturated rings. The SMILES string of the molecule is CC1(NCc2cc(C(=O)O)nc3cc[nH]c23)CCC1. The van der Waals surface area contributed by atoms with Crippen LogP contribution in [0.1, 0.15) is 42.2 Å². The van der Waals surface area contributed by atoms with Crippen molar-refractivity contribution < 1.29 is 9.90 Å². The molecule has 1 aliphatic carbocycles. The summed E-state index contributed by atoms with van der Waals surface area (Å²) in [6.07, 6.45) is 5.41. The van der Waals surface area contributed by atoms with E-state index in [2.05, 4.69) is 22.2 Å². The van der Waals surface area contributed by atoms with Gasteiger partial charge in [-0.15, -0.1) is 0 Å². The molecule has 1 aliphatic rings. The summed E-state index contributed by atoms with van der Waals surface area (Å²) in [5.74, 6) is -0.987. The van der Waals surface area contributed by atoms with Crippen LogP contribution in [0.5, 0.6) is 0 Å². The molecule has 19 heavy (non-hydrogen) atoms. The molecule has 0 atom stereocenters. The lowest BCUT2D eigenvalue weighted by Gasteiger charge is -2.39. The molecule has 0 bridgehead atoms. The summed E-state index contributed by atoms with van der Waals surface area (Å²) in [6, 6.07) is 3.45. The number of fused-ring (bicyclic) bond motifs is 1. The Balaban J connectivity index is 1.91. The Bertz CT molecular complexity index is 629. The lowest BCUT2D eigenvalue weighted by molar-refractivity contribution is 0.0691. The van der Waals surface area contributed by atoms with E-state index in [1.54, 1.807) is 18.3 Å². The molecular weight excluding hydrogens is 242 g/mol. The first-order valence-electron chi connectivity index (χ1n) is 6.53. The van der Waals surface area contributed by atoms with Crippen LogP contribution in [-0.4, -0.2) is 26.6 Å². The highest BCUT2D eigenvalue weighted by Crippen LogP contribution is 2.31. The number of aromatic carboxylic acids is 1. The number of hydrogen-bond donors (Lipinski definition) is 3. The smallest absolute Gasteiger partial charge is 0.354 e. The Kier molecular flexibility index (Phi) is 2.78. The average Bonchev–Trinajstić information content (AvgIpc) is 2.81. The van der Waals surface area contributed by atoms with Crippen molar-refractivity contribution in [1.82, 2.24) is 15.3 Å². The number of carbonyl (C=O) groups is 1. The first kappa shape index (κ1) is 12.2. The van der Waals surface area contributed by atoms with Crippen molar-refractivity contribution in [2.45, 2.75) is 38.3 Å². The van der Waals surface area contributed by atoms with Crippen LogP contribution in [0.3, 0.4) is 0 Å². The highest BCUT2D eigenvalue weighted by atomic mass is 16.4. The van der Waals surface area contributed by atoms with Gasteiger partial charge in [0.05, 0.1) is 11.0 Å². The normalized spacial score (nSPS) is 17.3. The van der Waals surface area contributed by atoms with Gasteiger partial charge in [-0.2, -0.15) is 0 Å². The Morgan fingerprint density at radius 2 is 2.37 bits per heavy atom. The van der Waals surface area contributed by atoms with E-state index in [-0.39, 0.29) is 11.2 Å². The van der Waals surface area contributed by atoms with Crippen LogP contribution in [0, 0.1) is 0 Å². The number of nitrogens with one attached hydrogen (secondary N) is 2. The first-order valence-corrected chi connectivity index (χ1v) is 6.53. The summed E-state index contributed by atoms with van der Waals surface area (Å²) in [5.41, 5.74) is 2.88. The van der Waals surface area contributed by atoms with Crippen molar-refractivity contribution in [3.05, 3.63) is 29.6 Å². The van der Waals surface area contributed by atoms with Gasteiger partial charge in [0.25, 0.3) is 0 Å². The molecule has 3 N–H and O–H groups in total. The lowest BCUT2D eigenvalue weighted by atomic mass is 9.78. The molecular formula is C14H17N3O2. The number of H-pyrrole nitrogens is 1. The molecule has 2 heterocycles. The fourth-order valence-electron chi connectivity index (χ4n) is 2.55. The standard InChI is InChI=1S/C14H17N3O2/c1-14(4-2-5-14)16-8-9-7-11(13(18)19)17-10-3-6-15-12(9)10/h3,6-7,15-16H,2,4-5,8H2,1H3,(H,18,19). The number of carboxylic acid groups (broad SMARTS) is 1. The molecule has 100 valence electrons. The molecule has 0 amide bonds. The second kappa shape index (κ2) is 4.35. The molecule has 0 radical (unpaired) electrons. The Hall–Kier alpha value is -1.88. The van der Waals surface area contributed by atoms with Crippen LogP contribution in [0.15, 0.2) is 18.3 Å². The van der Waals surface area contributed by atoms with Crippen LogP contribution in [0.2, 0.25) is 0 Å². The van der Waals surface area contributed by atoms with E-state index in [0.29, 0.717) is 12.1 Å². The molecule has 2 aromatic heterocycles. The molecule has 1 saturated carbocycles. The Morgan fingerprint density at radius 1 is 1.58 bits per heavy atom. The number of nitrogens with zero attached hydrogens (tertiary/aromatic N) is 1. The zero-order valence-electron chi connectivity index (χ0n) is 10.9. The Morgan fingerprint density at radius 3 is 3.00 bits per heavy atom. The third-order valence-corrected chi connectivity index (χ3v) is 3.98. The first-order chi connectivity index (χ1) is 9.07. The maximum Gasteiger partial charge on any atom is 0.354 e. The highest BCUT2D eigenvalue weighted by Gasteiger charge is 2.31. The van der Waals surface area contributed by atoms with Gasteiger partial charge in [0.15, 0.2) is 0 Å². The van der Waals surface area contributed by atoms with Gasteiger partial charge in [0, 0.05) is 18.3 Å². The molecule has 0 spiro atoms. The molecule has 5 nitrogen and oxygen atoms in total. The van der Waals surface area contributed by atoms with Gasteiger partial charge in [-0.25, -0.2) is 9.78 Å². The monoisotopic (exact) mass is 259 g/mol. The summed E-state index contributed by atoms with van der Waals surface area (Å²) in [6.45, 7) is 2.87. The van der Waals surface area contributed by atoms with Crippen molar-refractivity contribution in [3.8, 4) is 0 Å². The second-order valence-electron chi connectivity index (χ2n) is 5.48. The summed E-state index contributed by atoms with van der Waals surface area (Å²) in [4.78, 5) is 18.3. The van der Waals surface area contributed by atoms with Gasteiger partial charge in [0.1, 0.15) is 5.69 Å². The van der Waals surface area contributed by atoms with Gasteiger partial charge in [-0.05, 0) is 43.9 Å². The summed E-state index contributed by atoms with van der Waals surface area (Å²) < 4.78 is 0. The van der Waals surface area contributed by atoms with Gasteiger partial charge in [-0.1, -0.05) is 0 Å². The third kappa shape index (κ3) is 2.21. The van der Waals surface area contributed by atoms with Crippen molar-refractivity contribution >= 4 is 17.0 Å². The van der Waals surface area contributed by atoms with Crippen LogP contribution >= 0.6 is 0 Å². The van der Waals surface area contributed by atoms with Crippen molar-refractivity contribution in [2.24, 2.45) is 0 Å². The molecule has 5 heteroatoms. The topological polar surface area (TPSA) is 78.0 Å². The van der Waals surface area contributed by atoms with E-state index >= 15 is 0 Å². The minimum absolute atomic E-state index is 0.0997. The molecule has 3 rings (SSSR count). The molecule has 0 aliphatic heterocycles. The minimum Gasteiger partial charge on any atom is -0.477 e. The fraction of sp³-hybridized carbons (Fsp3) is 0.429. The largest absolute Gasteiger partial charge is 0.477 e. The quantitative estimate of drug-likeness (QED) is 0.787. The van der Waals surface area contributed by atoms with E-state index in [4.69, 9.17) is 5.11 Å². The van der Waals surface area contributed by atoms with Crippen LogP contribution < -0.4 is 5.32 Å². The summed E-state index contributed by atoms with van der Waals surface area (Å²) >= 11 is 0. The molecule has 0 unspecified atom stereocenters. The van der Waals surface area contributed by atoms with Gasteiger partial charge in [-0.3, -0.25) is 0 Å². The number of pyridine rings is 1. The zero-order valence-corrected chi connectivity index (χ0v) is 10.9. The molecule has 2 aromatic rings. The van der Waals surface area contributed by atoms with E-state index in [1.807, 2.05) is 0 Å². The summed E-state index contributed by atoms with van der Waals surface area (Å²) in [5, 5.41) is 12.6. The highest BCUT2D eigenvalue weighted by molar-refractivity contribution is 5.90. The predicted octanol–water partition coefficient (Wildman–Crippen LogP) is 2.29. The number of aromatic amines is 1. The second-order valence-corrected chi connectivity index (χ2v) is 5.48. The van der Waals surface area contributed by atoms with E-state index < -0.39 is 5.97 Å². The number of rotatable bonds is 4. The van der Waals surface area contributed by atoms with E-state index in [0.717, 1.165) is 11.1 Å². The fourth-order valence-corrected chi connectivity index (χ4v) is 2.55. The van der Waals surface area contributed by atoms with Gasteiger partial charge < -0.3 is 15.4 Å². The predicted molar refractivity (Wildman–Crippen MR) is 72.1 cm³/mol. The minimum atomic E-state index is -0.987. The Labute approximate surface area is 111 Å². The maximum atomic E-state index is 11.1. The number of aromatic nitrogens is 2. The van der Waals surface area contributed by atoms with Crippen molar-refractivity contribution in [3.63, 3.8) is 0 Å². The van der Waals surface area contributed by atoms with Crippen LogP contribution in [0.4, 0.5) is 0 Å². The average molecular weight is 259 g/mol. The van der Waals surface area contributed by atoms with Gasteiger partial charge in [0.2, 0.25) is 0 Å². The number of hydrogen-bond acceptors (Lipinski definition) is 3. The van der Waals surface area contributed by atoms with E-state index in [1.165, 1.54) is 19.3 Å². The molecule has 0 aromatic carbocycles. The van der Waals surface area contributed by atoms with Gasteiger partial charge >= 0.3 is 5.97 Å². The van der Waals surface area contributed by atoms with Crippen molar-refractivity contribution in [2.75, 3.05) is 0 Å². The lowest BCUT2D eigenvalue weighted by Crippen LogP contribution is -2.47. The van der Waals surface area contributed by atoms with Crippen LogP contribution in [-0.2, 0) is 6.54 Å². The maximum absolute atomic E-state index is 11.1.